The van der Waals surface area contributed by atoms with E-state index < -0.39 is 5.91 Å². The van der Waals surface area contributed by atoms with E-state index in [1.807, 2.05) is 0 Å². The maximum Gasteiger partial charge on any atom is 0.271 e. The SMILES string of the molecule is C=CCOc1ccc(C(=O)N/N=C/c2ccc(OCc3cccc(F)c3)c(Cl)c2)cc1OC. The molecular formula is C25H22ClFN2O4. The van der Waals surface area contributed by atoms with Crippen LogP contribution in [0.15, 0.2) is 78.4 Å². The predicted octanol–water partition coefficient (Wildman–Crippen LogP) is 5.40. The van der Waals surface area contributed by atoms with Crippen LogP contribution in [0.25, 0.3) is 0 Å². The molecule has 33 heavy (non-hydrogen) atoms. The molecule has 0 aliphatic carbocycles. The van der Waals surface area contributed by atoms with E-state index in [0.29, 0.717) is 45.6 Å². The van der Waals surface area contributed by atoms with Crippen LogP contribution in [0.2, 0.25) is 5.02 Å². The summed E-state index contributed by atoms with van der Waals surface area (Å²) < 4.78 is 29.7. The van der Waals surface area contributed by atoms with Gasteiger partial charge in [0.2, 0.25) is 0 Å². The fourth-order valence-corrected chi connectivity index (χ4v) is 3.05. The van der Waals surface area contributed by atoms with Gasteiger partial charge < -0.3 is 14.2 Å². The van der Waals surface area contributed by atoms with Gasteiger partial charge in [-0.25, -0.2) is 9.82 Å². The number of halogens is 2. The Hall–Kier alpha value is -3.84. The molecule has 0 bridgehead atoms. The molecule has 8 heteroatoms. The van der Waals surface area contributed by atoms with Crippen LogP contribution in [-0.2, 0) is 6.61 Å². The van der Waals surface area contributed by atoms with Gasteiger partial charge >= 0.3 is 0 Å². The zero-order valence-corrected chi connectivity index (χ0v) is 18.6. The smallest absolute Gasteiger partial charge is 0.271 e. The van der Waals surface area contributed by atoms with Gasteiger partial charge in [0.1, 0.15) is 24.8 Å². The lowest BCUT2D eigenvalue weighted by molar-refractivity contribution is 0.0954. The van der Waals surface area contributed by atoms with E-state index in [1.165, 1.54) is 25.5 Å². The lowest BCUT2D eigenvalue weighted by atomic mass is 10.2. The fourth-order valence-electron chi connectivity index (χ4n) is 2.81. The van der Waals surface area contributed by atoms with Crippen molar-refractivity contribution >= 4 is 23.7 Å². The van der Waals surface area contributed by atoms with Crippen LogP contribution in [-0.4, -0.2) is 25.8 Å². The standard InChI is InChI=1S/C25H22ClFN2O4/c1-3-11-32-23-10-8-19(14-24(23)31-2)25(30)29-28-15-17-7-9-22(21(26)13-17)33-16-18-5-4-6-20(27)12-18/h3-10,12-15H,1,11,16H2,2H3,(H,29,30)/b28-15+. The third-order valence-electron chi connectivity index (χ3n) is 4.40. The van der Waals surface area contributed by atoms with E-state index >= 15 is 0 Å². The molecule has 3 aromatic carbocycles. The number of hydrogen-bond donors (Lipinski definition) is 1. The molecule has 0 radical (unpaired) electrons. The van der Waals surface area contributed by atoms with Gasteiger partial charge in [-0.3, -0.25) is 4.79 Å². The second-order valence-electron chi connectivity index (χ2n) is 6.77. The fraction of sp³-hybridized carbons (Fsp3) is 0.120. The van der Waals surface area contributed by atoms with Crippen molar-refractivity contribution in [2.45, 2.75) is 6.61 Å². The minimum atomic E-state index is -0.416. The summed E-state index contributed by atoms with van der Waals surface area (Å²) >= 11 is 6.27. The number of methoxy groups -OCH3 is 1. The quantitative estimate of drug-likeness (QED) is 0.246. The van der Waals surface area contributed by atoms with Crippen molar-refractivity contribution in [3.63, 3.8) is 0 Å². The van der Waals surface area contributed by atoms with E-state index in [4.69, 9.17) is 25.8 Å². The van der Waals surface area contributed by atoms with Gasteiger partial charge in [0, 0.05) is 5.56 Å². The Kier molecular flexibility index (Phi) is 8.43. The highest BCUT2D eigenvalue weighted by Crippen LogP contribution is 2.28. The molecule has 1 amide bonds. The molecular weight excluding hydrogens is 447 g/mol. The summed E-state index contributed by atoms with van der Waals surface area (Å²) in [6.07, 6.45) is 3.07. The highest BCUT2D eigenvalue weighted by atomic mass is 35.5. The molecule has 0 atom stereocenters. The Labute approximate surface area is 196 Å². The second kappa shape index (κ2) is 11.7. The topological polar surface area (TPSA) is 69.2 Å². The summed E-state index contributed by atoms with van der Waals surface area (Å²) in [6.45, 7) is 4.10. The van der Waals surface area contributed by atoms with Crippen LogP contribution in [0.4, 0.5) is 4.39 Å². The van der Waals surface area contributed by atoms with Crippen LogP contribution in [0.1, 0.15) is 21.5 Å². The van der Waals surface area contributed by atoms with Gasteiger partial charge in [0.05, 0.1) is 18.3 Å². The van der Waals surface area contributed by atoms with E-state index in [0.717, 1.165) is 0 Å². The van der Waals surface area contributed by atoms with Crippen molar-refractivity contribution < 1.29 is 23.4 Å². The number of nitrogens with zero attached hydrogens (tertiary/aromatic N) is 1. The molecule has 0 spiro atoms. The Balaban J connectivity index is 1.59. The van der Waals surface area contributed by atoms with Crippen LogP contribution in [0.5, 0.6) is 17.2 Å². The monoisotopic (exact) mass is 468 g/mol. The molecule has 0 saturated heterocycles. The first-order valence-electron chi connectivity index (χ1n) is 9.92. The van der Waals surface area contributed by atoms with Crippen molar-refractivity contribution in [2.24, 2.45) is 5.10 Å². The molecule has 3 rings (SSSR count). The number of ether oxygens (including phenoxy) is 3. The largest absolute Gasteiger partial charge is 0.493 e. The van der Waals surface area contributed by atoms with Gasteiger partial charge in [-0.15, -0.1) is 0 Å². The molecule has 0 fully saturated rings. The normalized spacial score (nSPS) is 10.6. The molecule has 0 aromatic heterocycles. The van der Waals surface area contributed by atoms with Crippen LogP contribution >= 0.6 is 11.6 Å². The van der Waals surface area contributed by atoms with E-state index in [2.05, 4.69) is 17.1 Å². The van der Waals surface area contributed by atoms with Crippen molar-refractivity contribution in [3.8, 4) is 17.2 Å². The van der Waals surface area contributed by atoms with E-state index in [1.54, 1.807) is 54.6 Å². The lowest BCUT2D eigenvalue weighted by Gasteiger charge is -2.10. The average Bonchev–Trinajstić information content (AvgIpc) is 2.82. The highest BCUT2D eigenvalue weighted by molar-refractivity contribution is 6.32. The van der Waals surface area contributed by atoms with Crippen LogP contribution < -0.4 is 19.6 Å². The number of benzene rings is 3. The van der Waals surface area contributed by atoms with Gasteiger partial charge in [0.25, 0.3) is 5.91 Å². The van der Waals surface area contributed by atoms with Gasteiger partial charge in [-0.05, 0) is 59.7 Å². The Bertz CT molecular complexity index is 1170. The highest BCUT2D eigenvalue weighted by Gasteiger charge is 2.11. The van der Waals surface area contributed by atoms with E-state index in [9.17, 15) is 9.18 Å². The molecule has 0 aliphatic heterocycles. The minimum absolute atomic E-state index is 0.182. The van der Waals surface area contributed by atoms with Gasteiger partial charge in [-0.1, -0.05) is 36.4 Å². The number of carbonyl (C=O) groups is 1. The summed E-state index contributed by atoms with van der Waals surface area (Å²) in [5, 5.41) is 4.33. The third kappa shape index (κ3) is 6.82. The molecule has 0 aliphatic rings. The Morgan fingerprint density at radius 3 is 2.64 bits per heavy atom. The number of hydrogen-bond acceptors (Lipinski definition) is 5. The van der Waals surface area contributed by atoms with Gasteiger partial charge in [0.15, 0.2) is 11.5 Å². The minimum Gasteiger partial charge on any atom is -0.493 e. The summed E-state index contributed by atoms with van der Waals surface area (Å²) in [5.41, 5.74) is 4.16. The zero-order valence-electron chi connectivity index (χ0n) is 17.9. The summed E-state index contributed by atoms with van der Waals surface area (Å²) in [4.78, 5) is 12.4. The van der Waals surface area contributed by atoms with Crippen LogP contribution in [0.3, 0.4) is 0 Å². The Morgan fingerprint density at radius 1 is 1.09 bits per heavy atom. The summed E-state index contributed by atoms with van der Waals surface area (Å²) in [6, 6.07) is 16.0. The molecule has 6 nitrogen and oxygen atoms in total. The molecule has 170 valence electrons. The number of nitrogens with one attached hydrogen (secondary N) is 1. The lowest BCUT2D eigenvalue weighted by Crippen LogP contribution is -2.17. The molecule has 1 N–H and O–H groups in total. The second-order valence-corrected chi connectivity index (χ2v) is 7.18. The molecule has 0 heterocycles. The number of rotatable bonds is 10. The first-order valence-corrected chi connectivity index (χ1v) is 10.3. The molecule has 3 aromatic rings. The number of amides is 1. The van der Waals surface area contributed by atoms with Crippen molar-refractivity contribution in [3.05, 3.63) is 101 Å². The van der Waals surface area contributed by atoms with E-state index in [-0.39, 0.29) is 12.4 Å². The maximum absolute atomic E-state index is 13.3. The van der Waals surface area contributed by atoms with Gasteiger partial charge in [-0.2, -0.15) is 5.10 Å². The Morgan fingerprint density at radius 2 is 1.91 bits per heavy atom. The molecule has 0 unspecified atom stereocenters. The first kappa shape index (κ1) is 23.8. The third-order valence-corrected chi connectivity index (χ3v) is 4.70. The molecule has 0 saturated carbocycles. The van der Waals surface area contributed by atoms with Crippen molar-refractivity contribution in [2.75, 3.05) is 13.7 Å². The average molecular weight is 469 g/mol. The summed E-state index contributed by atoms with van der Waals surface area (Å²) in [5.74, 6) is 0.640. The first-order chi connectivity index (χ1) is 16.0. The zero-order chi connectivity index (χ0) is 23.6. The summed E-state index contributed by atoms with van der Waals surface area (Å²) in [7, 11) is 1.49. The maximum atomic E-state index is 13.3. The number of hydrazone groups is 1. The number of carbonyl (C=O) groups excluding carboxylic acids is 1. The predicted molar refractivity (Wildman–Crippen MR) is 126 cm³/mol. The van der Waals surface area contributed by atoms with Crippen LogP contribution in [0, 0.1) is 5.82 Å². The van der Waals surface area contributed by atoms with Crippen molar-refractivity contribution in [1.82, 2.24) is 5.43 Å². The van der Waals surface area contributed by atoms with Crippen molar-refractivity contribution in [1.29, 1.82) is 0 Å².